The van der Waals surface area contributed by atoms with Crippen molar-refractivity contribution in [2.24, 2.45) is 5.92 Å². The molecular weight excluding hydrogens is 287 g/mol. The highest BCUT2D eigenvalue weighted by atomic mass is 19.1. The first-order valence-corrected chi connectivity index (χ1v) is 7.27. The molecule has 1 aromatic carbocycles. The number of aromatic nitrogens is 1. The topological polar surface area (TPSA) is 66.6 Å². The van der Waals surface area contributed by atoms with Gasteiger partial charge in [0, 0.05) is 18.7 Å². The molecule has 0 radical (unpaired) electrons. The Balaban J connectivity index is 1.66. The average Bonchev–Trinajstić information content (AvgIpc) is 2.96. The third kappa shape index (κ3) is 3.33. The number of aliphatic carboxylic acids is 1. The van der Waals surface area contributed by atoms with Crippen molar-refractivity contribution in [2.75, 3.05) is 13.1 Å². The second-order valence-corrected chi connectivity index (χ2v) is 5.56. The van der Waals surface area contributed by atoms with Crippen molar-refractivity contribution in [3.05, 3.63) is 42.0 Å². The summed E-state index contributed by atoms with van der Waals surface area (Å²) < 4.78 is 18.3. The van der Waals surface area contributed by atoms with Crippen LogP contribution in [0.5, 0.6) is 0 Å². The minimum absolute atomic E-state index is 0.302. The van der Waals surface area contributed by atoms with Crippen molar-refractivity contribution in [1.29, 1.82) is 0 Å². The van der Waals surface area contributed by atoms with Gasteiger partial charge < -0.3 is 9.52 Å². The molecule has 0 aliphatic carbocycles. The molecule has 1 aromatic heterocycles. The summed E-state index contributed by atoms with van der Waals surface area (Å²) in [7, 11) is 0. The molecule has 0 unspecified atom stereocenters. The van der Waals surface area contributed by atoms with Gasteiger partial charge in [-0.05, 0) is 43.7 Å². The molecular formula is C16H17FN2O3. The number of carboxylic acids is 1. The summed E-state index contributed by atoms with van der Waals surface area (Å²) in [4.78, 5) is 17.6. The second kappa shape index (κ2) is 6.27. The number of rotatable bonds is 4. The summed E-state index contributed by atoms with van der Waals surface area (Å²) in [5.74, 6) is -0.903. The van der Waals surface area contributed by atoms with E-state index in [1.54, 1.807) is 18.4 Å². The number of hydrogen-bond donors (Lipinski definition) is 1. The quantitative estimate of drug-likeness (QED) is 0.941. The lowest BCUT2D eigenvalue weighted by atomic mass is 9.98. The molecule has 1 atom stereocenters. The number of oxazole rings is 1. The van der Waals surface area contributed by atoms with Crippen molar-refractivity contribution in [2.45, 2.75) is 19.4 Å². The fraction of sp³-hybridized carbons (Fsp3) is 0.375. The molecule has 1 fully saturated rings. The lowest BCUT2D eigenvalue weighted by molar-refractivity contribution is -0.143. The zero-order chi connectivity index (χ0) is 15.5. The van der Waals surface area contributed by atoms with Crippen LogP contribution in [0.1, 0.15) is 18.5 Å². The SMILES string of the molecule is O=C(O)[C@@H]1CCCN(Cc2coc(-c3ccc(F)cc3)n2)C1. The van der Waals surface area contributed by atoms with Crippen molar-refractivity contribution < 1.29 is 18.7 Å². The van der Waals surface area contributed by atoms with E-state index < -0.39 is 5.97 Å². The monoisotopic (exact) mass is 304 g/mol. The Hall–Kier alpha value is -2.21. The number of likely N-dealkylation sites (tertiary alicyclic amines) is 1. The minimum Gasteiger partial charge on any atom is -0.481 e. The molecule has 0 spiro atoms. The predicted octanol–water partition coefficient (Wildman–Crippen LogP) is 2.78. The number of carboxylic acid groups (broad SMARTS) is 1. The van der Waals surface area contributed by atoms with E-state index >= 15 is 0 Å². The standard InChI is InChI=1S/C16H17FN2O3/c17-13-5-3-11(4-6-13)15-18-14(10-22-15)9-19-7-1-2-12(8-19)16(20)21/h3-6,10,12H,1-2,7-9H2,(H,20,21)/t12-/m1/s1. The van der Waals surface area contributed by atoms with Crippen LogP contribution >= 0.6 is 0 Å². The van der Waals surface area contributed by atoms with E-state index in [0.29, 0.717) is 19.0 Å². The van der Waals surface area contributed by atoms with Crippen molar-refractivity contribution in [3.8, 4) is 11.5 Å². The molecule has 116 valence electrons. The van der Waals surface area contributed by atoms with Crippen LogP contribution in [0.15, 0.2) is 34.9 Å². The normalized spacial score (nSPS) is 19.2. The smallest absolute Gasteiger partial charge is 0.307 e. The van der Waals surface area contributed by atoms with Crippen LogP contribution in [0.2, 0.25) is 0 Å². The molecule has 3 rings (SSSR count). The molecule has 1 aliphatic heterocycles. The van der Waals surface area contributed by atoms with Crippen LogP contribution < -0.4 is 0 Å². The average molecular weight is 304 g/mol. The zero-order valence-corrected chi connectivity index (χ0v) is 12.0. The predicted molar refractivity (Wildman–Crippen MR) is 77.5 cm³/mol. The summed E-state index contributed by atoms with van der Waals surface area (Å²) in [5.41, 5.74) is 1.47. The summed E-state index contributed by atoms with van der Waals surface area (Å²) in [5, 5.41) is 9.11. The number of nitrogens with zero attached hydrogens (tertiary/aromatic N) is 2. The van der Waals surface area contributed by atoms with E-state index in [1.807, 2.05) is 0 Å². The van der Waals surface area contributed by atoms with Gasteiger partial charge in [0.15, 0.2) is 0 Å². The molecule has 1 aliphatic rings. The van der Waals surface area contributed by atoms with E-state index in [4.69, 9.17) is 9.52 Å². The Bertz CT molecular complexity index is 654. The highest BCUT2D eigenvalue weighted by Crippen LogP contribution is 2.22. The van der Waals surface area contributed by atoms with E-state index in [2.05, 4.69) is 9.88 Å². The zero-order valence-electron chi connectivity index (χ0n) is 12.0. The van der Waals surface area contributed by atoms with E-state index in [0.717, 1.165) is 30.6 Å². The van der Waals surface area contributed by atoms with Gasteiger partial charge in [0.2, 0.25) is 5.89 Å². The lowest BCUT2D eigenvalue weighted by Crippen LogP contribution is -2.38. The van der Waals surface area contributed by atoms with Gasteiger partial charge in [0.1, 0.15) is 12.1 Å². The fourth-order valence-electron chi connectivity index (χ4n) is 2.73. The van der Waals surface area contributed by atoms with Crippen molar-refractivity contribution in [1.82, 2.24) is 9.88 Å². The number of carbonyl (C=O) groups is 1. The van der Waals surface area contributed by atoms with Crippen molar-refractivity contribution in [3.63, 3.8) is 0 Å². The highest BCUT2D eigenvalue weighted by molar-refractivity contribution is 5.70. The van der Waals surface area contributed by atoms with E-state index in [-0.39, 0.29) is 11.7 Å². The first kappa shape index (κ1) is 14.7. The Morgan fingerprint density at radius 3 is 2.91 bits per heavy atom. The van der Waals surface area contributed by atoms with Crippen LogP contribution in [0.25, 0.3) is 11.5 Å². The number of halogens is 1. The molecule has 6 heteroatoms. The summed E-state index contributed by atoms with van der Waals surface area (Å²) >= 11 is 0. The molecule has 1 N–H and O–H groups in total. The van der Waals surface area contributed by atoms with E-state index in [1.165, 1.54) is 12.1 Å². The maximum Gasteiger partial charge on any atom is 0.307 e. The van der Waals surface area contributed by atoms with Crippen LogP contribution in [0, 0.1) is 11.7 Å². The van der Waals surface area contributed by atoms with Gasteiger partial charge in [0.25, 0.3) is 0 Å². The first-order valence-electron chi connectivity index (χ1n) is 7.27. The van der Waals surface area contributed by atoms with Crippen LogP contribution in [-0.2, 0) is 11.3 Å². The molecule has 0 bridgehead atoms. The van der Waals surface area contributed by atoms with E-state index in [9.17, 15) is 9.18 Å². The van der Waals surface area contributed by atoms with Crippen LogP contribution in [-0.4, -0.2) is 34.0 Å². The molecule has 0 saturated carbocycles. The van der Waals surface area contributed by atoms with Gasteiger partial charge in [-0.2, -0.15) is 0 Å². The molecule has 1 saturated heterocycles. The Labute approximate surface area is 127 Å². The third-order valence-electron chi connectivity index (χ3n) is 3.88. The summed E-state index contributed by atoms with van der Waals surface area (Å²) in [6.07, 6.45) is 3.17. The molecule has 0 amide bonds. The molecule has 2 aromatic rings. The van der Waals surface area contributed by atoms with Crippen molar-refractivity contribution >= 4 is 5.97 Å². The Kier molecular flexibility index (Phi) is 4.20. The summed E-state index contributed by atoms with van der Waals surface area (Å²) in [6, 6.07) is 5.96. The van der Waals surface area contributed by atoms with Crippen LogP contribution in [0.4, 0.5) is 4.39 Å². The Morgan fingerprint density at radius 1 is 1.41 bits per heavy atom. The third-order valence-corrected chi connectivity index (χ3v) is 3.88. The van der Waals surface area contributed by atoms with Gasteiger partial charge in [-0.15, -0.1) is 0 Å². The minimum atomic E-state index is -0.739. The maximum atomic E-state index is 12.9. The molecule has 2 heterocycles. The maximum absolute atomic E-state index is 12.9. The molecule has 22 heavy (non-hydrogen) atoms. The Morgan fingerprint density at radius 2 is 2.18 bits per heavy atom. The lowest BCUT2D eigenvalue weighted by Gasteiger charge is -2.29. The first-order chi connectivity index (χ1) is 10.6. The number of piperidine rings is 1. The fourth-order valence-corrected chi connectivity index (χ4v) is 2.73. The van der Waals surface area contributed by atoms with Gasteiger partial charge in [-0.1, -0.05) is 0 Å². The van der Waals surface area contributed by atoms with Crippen LogP contribution in [0.3, 0.4) is 0 Å². The number of benzene rings is 1. The van der Waals surface area contributed by atoms with Gasteiger partial charge >= 0.3 is 5.97 Å². The van der Waals surface area contributed by atoms with Gasteiger partial charge in [-0.3, -0.25) is 9.69 Å². The second-order valence-electron chi connectivity index (χ2n) is 5.56. The van der Waals surface area contributed by atoms with Gasteiger partial charge in [-0.25, -0.2) is 9.37 Å². The summed E-state index contributed by atoms with van der Waals surface area (Å²) in [6.45, 7) is 1.96. The van der Waals surface area contributed by atoms with Gasteiger partial charge in [0.05, 0.1) is 11.6 Å². The highest BCUT2D eigenvalue weighted by Gasteiger charge is 2.25. The molecule has 5 nitrogen and oxygen atoms in total. The number of hydrogen-bond acceptors (Lipinski definition) is 4. The largest absolute Gasteiger partial charge is 0.481 e.